The van der Waals surface area contributed by atoms with Crippen molar-refractivity contribution in [2.45, 2.75) is 29.5 Å². The highest BCUT2D eigenvalue weighted by molar-refractivity contribution is 7.92. The first-order valence-electron chi connectivity index (χ1n) is 5.81. The van der Waals surface area contributed by atoms with Crippen molar-refractivity contribution < 1.29 is 13.1 Å². The fourth-order valence-corrected chi connectivity index (χ4v) is 4.05. The standard InChI is InChI=1S/C13H15NO3S/c1-2-13(9-5-3-6-10-13)18(16,17)12-8-4-7-11-14(12)15/h3-9,11H,2,10H2,1H3. The summed E-state index contributed by atoms with van der Waals surface area (Å²) < 4.78 is 24.7. The zero-order valence-corrected chi connectivity index (χ0v) is 10.9. The molecule has 0 N–H and O–H groups in total. The molecule has 1 heterocycles. The number of pyridine rings is 1. The van der Waals surface area contributed by atoms with E-state index < -0.39 is 14.6 Å². The van der Waals surface area contributed by atoms with Crippen LogP contribution in [-0.4, -0.2) is 13.2 Å². The maximum absolute atomic E-state index is 12.7. The van der Waals surface area contributed by atoms with Gasteiger partial charge in [0.25, 0.3) is 0 Å². The Morgan fingerprint density at radius 1 is 1.39 bits per heavy atom. The maximum Gasteiger partial charge on any atom is 0.309 e. The van der Waals surface area contributed by atoms with E-state index in [1.807, 2.05) is 19.1 Å². The van der Waals surface area contributed by atoms with Gasteiger partial charge in [-0.05, 0) is 18.9 Å². The Hall–Kier alpha value is -1.62. The van der Waals surface area contributed by atoms with Gasteiger partial charge in [0.2, 0.25) is 9.84 Å². The topological polar surface area (TPSA) is 61.1 Å². The Balaban J connectivity index is 2.58. The molecule has 0 amide bonds. The molecule has 96 valence electrons. The molecule has 5 heteroatoms. The lowest BCUT2D eigenvalue weighted by molar-refractivity contribution is -0.646. The molecule has 1 aromatic heterocycles. The van der Waals surface area contributed by atoms with E-state index in [1.54, 1.807) is 18.2 Å². The van der Waals surface area contributed by atoms with Gasteiger partial charge >= 0.3 is 5.03 Å². The summed E-state index contributed by atoms with van der Waals surface area (Å²) in [5.41, 5.74) is 0. The van der Waals surface area contributed by atoms with Gasteiger partial charge in [0.15, 0.2) is 6.20 Å². The molecule has 0 bridgehead atoms. The van der Waals surface area contributed by atoms with Crippen LogP contribution in [0.5, 0.6) is 0 Å². The Labute approximate surface area is 107 Å². The van der Waals surface area contributed by atoms with Gasteiger partial charge in [-0.1, -0.05) is 31.2 Å². The van der Waals surface area contributed by atoms with Crippen LogP contribution in [-0.2, 0) is 9.84 Å². The number of nitrogens with zero attached hydrogens (tertiary/aromatic N) is 1. The third kappa shape index (κ3) is 1.84. The molecule has 0 spiro atoms. The molecule has 0 saturated heterocycles. The molecule has 1 aliphatic rings. The molecule has 1 unspecified atom stereocenters. The van der Waals surface area contributed by atoms with E-state index in [1.165, 1.54) is 18.3 Å². The van der Waals surface area contributed by atoms with Gasteiger partial charge in [-0.2, -0.15) is 4.73 Å². The molecule has 1 atom stereocenters. The Morgan fingerprint density at radius 2 is 2.17 bits per heavy atom. The van der Waals surface area contributed by atoms with E-state index in [2.05, 4.69) is 0 Å². The lowest BCUT2D eigenvalue weighted by Gasteiger charge is -2.28. The monoisotopic (exact) mass is 265 g/mol. The Kier molecular flexibility index (Phi) is 3.26. The Morgan fingerprint density at radius 3 is 2.72 bits per heavy atom. The first-order valence-corrected chi connectivity index (χ1v) is 7.29. The van der Waals surface area contributed by atoms with E-state index in [9.17, 15) is 13.6 Å². The zero-order valence-electron chi connectivity index (χ0n) is 10.1. The van der Waals surface area contributed by atoms with Gasteiger partial charge < -0.3 is 5.21 Å². The van der Waals surface area contributed by atoms with E-state index in [0.29, 0.717) is 17.6 Å². The highest BCUT2D eigenvalue weighted by atomic mass is 32.2. The second-order valence-corrected chi connectivity index (χ2v) is 6.52. The van der Waals surface area contributed by atoms with Gasteiger partial charge in [-0.15, -0.1) is 0 Å². The van der Waals surface area contributed by atoms with Gasteiger partial charge in [0, 0.05) is 12.1 Å². The van der Waals surface area contributed by atoms with Crippen LogP contribution < -0.4 is 4.73 Å². The molecule has 0 radical (unpaired) electrons. The fourth-order valence-electron chi connectivity index (χ4n) is 2.13. The SMILES string of the molecule is CCC1(S(=O)(=O)c2cccc[n+]2[O-])C=CC=CC1. The van der Waals surface area contributed by atoms with E-state index in [4.69, 9.17) is 0 Å². The van der Waals surface area contributed by atoms with Crippen LogP contribution in [0.15, 0.2) is 53.7 Å². The second-order valence-electron chi connectivity index (χ2n) is 4.28. The van der Waals surface area contributed by atoms with Crippen LogP contribution in [0.3, 0.4) is 0 Å². The summed E-state index contributed by atoms with van der Waals surface area (Å²) >= 11 is 0. The number of sulfone groups is 1. The van der Waals surface area contributed by atoms with E-state index in [-0.39, 0.29) is 5.03 Å². The summed E-state index contributed by atoms with van der Waals surface area (Å²) in [5.74, 6) is 0. The van der Waals surface area contributed by atoms with Crippen LogP contribution in [0.4, 0.5) is 0 Å². The van der Waals surface area contributed by atoms with Crippen molar-refractivity contribution in [2.75, 3.05) is 0 Å². The molecule has 18 heavy (non-hydrogen) atoms. The molecule has 1 aromatic rings. The van der Waals surface area contributed by atoms with E-state index >= 15 is 0 Å². The first kappa shape index (κ1) is 12.8. The highest BCUT2D eigenvalue weighted by Crippen LogP contribution is 2.34. The molecule has 0 aliphatic heterocycles. The summed E-state index contributed by atoms with van der Waals surface area (Å²) in [6, 6.07) is 4.43. The van der Waals surface area contributed by atoms with Gasteiger partial charge in [-0.3, -0.25) is 0 Å². The normalized spacial score (nSPS) is 23.2. The van der Waals surface area contributed by atoms with Crippen LogP contribution in [0.1, 0.15) is 19.8 Å². The third-order valence-corrected chi connectivity index (χ3v) is 5.84. The van der Waals surface area contributed by atoms with Crippen molar-refractivity contribution in [2.24, 2.45) is 0 Å². The van der Waals surface area contributed by atoms with Crippen molar-refractivity contribution in [3.8, 4) is 0 Å². The number of hydrogen-bond donors (Lipinski definition) is 0. The van der Waals surface area contributed by atoms with Crippen LogP contribution in [0.2, 0.25) is 0 Å². The average Bonchev–Trinajstić information content (AvgIpc) is 2.39. The predicted molar refractivity (Wildman–Crippen MR) is 68.5 cm³/mol. The summed E-state index contributed by atoms with van der Waals surface area (Å²) in [6.07, 6.45) is 9.08. The third-order valence-electron chi connectivity index (χ3n) is 3.31. The summed E-state index contributed by atoms with van der Waals surface area (Å²) in [4.78, 5) is 0. The Bertz CT molecular complexity index is 604. The van der Waals surface area contributed by atoms with Gasteiger partial charge in [0.1, 0.15) is 4.75 Å². The van der Waals surface area contributed by atoms with Crippen molar-refractivity contribution in [1.82, 2.24) is 0 Å². The van der Waals surface area contributed by atoms with Crippen LogP contribution >= 0.6 is 0 Å². The fraction of sp³-hybridized carbons (Fsp3) is 0.308. The zero-order chi connectivity index (χ0) is 13.2. The first-order chi connectivity index (χ1) is 8.53. The van der Waals surface area contributed by atoms with Crippen molar-refractivity contribution in [3.63, 3.8) is 0 Å². The lowest BCUT2D eigenvalue weighted by Crippen LogP contribution is -2.43. The van der Waals surface area contributed by atoms with Crippen molar-refractivity contribution in [3.05, 3.63) is 53.9 Å². The van der Waals surface area contributed by atoms with Crippen molar-refractivity contribution >= 4 is 9.84 Å². The quantitative estimate of drug-likeness (QED) is 0.618. The number of aromatic nitrogens is 1. The largest absolute Gasteiger partial charge is 0.618 e. The van der Waals surface area contributed by atoms with Gasteiger partial charge in [0.05, 0.1) is 0 Å². The van der Waals surface area contributed by atoms with E-state index in [0.717, 1.165) is 0 Å². The minimum atomic E-state index is -3.69. The van der Waals surface area contributed by atoms with Crippen molar-refractivity contribution in [1.29, 1.82) is 0 Å². The molecule has 1 aliphatic carbocycles. The molecule has 0 fully saturated rings. The average molecular weight is 265 g/mol. The molecular weight excluding hydrogens is 250 g/mol. The second kappa shape index (κ2) is 4.57. The maximum atomic E-state index is 12.7. The molecule has 4 nitrogen and oxygen atoms in total. The molecule has 0 saturated carbocycles. The molecule has 0 aromatic carbocycles. The van der Waals surface area contributed by atoms with Crippen LogP contribution in [0, 0.1) is 5.21 Å². The summed E-state index contributed by atoms with van der Waals surface area (Å²) in [7, 11) is -3.69. The number of rotatable bonds is 3. The lowest BCUT2D eigenvalue weighted by atomic mass is 9.97. The summed E-state index contributed by atoms with van der Waals surface area (Å²) in [5, 5.41) is 11.5. The molecular formula is C13H15NO3S. The summed E-state index contributed by atoms with van der Waals surface area (Å²) in [6.45, 7) is 1.82. The van der Waals surface area contributed by atoms with Gasteiger partial charge in [-0.25, -0.2) is 8.42 Å². The van der Waals surface area contributed by atoms with Crippen LogP contribution in [0.25, 0.3) is 0 Å². The predicted octanol–water partition coefficient (Wildman–Crippen LogP) is 1.76. The smallest absolute Gasteiger partial charge is 0.309 e. The number of allylic oxidation sites excluding steroid dienone is 3. The molecule has 2 rings (SSSR count). The minimum absolute atomic E-state index is 0.188. The highest BCUT2D eigenvalue weighted by Gasteiger charge is 2.44. The minimum Gasteiger partial charge on any atom is -0.618 e. The number of hydrogen-bond acceptors (Lipinski definition) is 3.